The molecule has 0 aliphatic carbocycles. The van der Waals surface area contributed by atoms with Gasteiger partial charge in [-0.1, -0.05) is 6.07 Å². The SMILES string of the molecule is CNc1ccc2[nH]c(-c3ncccc3C)nc2n1. The average Bonchev–Trinajstić information content (AvgIpc) is 2.81. The van der Waals surface area contributed by atoms with Crippen LogP contribution in [0.4, 0.5) is 5.82 Å². The molecule has 3 aromatic rings. The number of rotatable bonds is 2. The smallest absolute Gasteiger partial charge is 0.180 e. The lowest BCUT2D eigenvalue weighted by atomic mass is 10.2. The summed E-state index contributed by atoms with van der Waals surface area (Å²) in [5, 5.41) is 3.00. The molecule has 0 spiro atoms. The Kier molecular flexibility index (Phi) is 2.44. The number of anilines is 1. The van der Waals surface area contributed by atoms with Crippen molar-refractivity contribution in [3.8, 4) is 11.5 Å². The molecular formula is C13H13N5. The summed E-state index contributed by atoms with van der Waals surface area (Å²) in [4.78, 5) is 16.5. The monoisotopic (exact) mass is 239 g/mol. The Hall–Kier alpha value is -2.43. The standard InChI is InChI=1S/C13H13N5/c1-8-4-3-7-15-11(8)13-16-9-5-6-10(14-2)17-12(9)18-13/h3-7H,1-2H3,(H2,14,16,17,18). The summed E-state index contributed by atoms with van der Waals surface area (Å²) in [6.07, 6.45) is 1.77. The second-order valence-electron chi connectivity index (χ2n) is 4.07. The highest BCUT2D eigenvalue weighted by Gasteiger charge is 2.09. The number of H-pyrrole nitrogens is 1. The van der Waals surface area contributed by atoms with Crippen molar-refractivity contribution in [2.45, 2.75) is 6.92 Å². The molecule has 0 aromatic carbocycles. The van der Waals surface area contributed by atoms with Gasteiger partial charge >= 0.3 is 0 Å². The molecule has 0 unspecified atom stereocenters. The number of fused-ring (bicyclic) bond motifs is 1. The zero-order valence-corrected chi connectivity index (χ0v) is 10.2. The quantitative estimate of drug-likeness (QED) is 0.720. The molecule has 0 amide bonds. The van der Waals surface area contributed by atoms with Crippen LogP contribution in [-0.2, 0) is 0 Å². The molecule has 0 aliphatic rings. The number of pyridine rings is 2. The highest BCUT2D eigenvalue weighted by molar-refractivity contribution is 5.77. The first kappa shape index (κ1) is 10.7. The molecule has 0 saturated heterocycles. The van der Waals surface area contributed by atoms with E-state index in [0.717, 1.165) is 28.4 Å². The summed E-state index contributed by atoms with van der Waals surface area (Å²) in [7, 11) is 1.84. The average molecular weight is 239 g/mol. The first-order chi connectivity index (χ1) is 8.78. The van der Waals surface area contributed by atoms with Gasteiger partial charge in [0, 0.05) is 13.2 Å². The maximum atomic E-state index is 4.48. The molecule has 0 bridgehead atoms. The van der Waals surface area contributed by atoms with Crippen molar-refractivity contribution in [3.05, 3.63) is 36.0 Å². The van der Waals surface area contributed by atoms with Crippen LogP contribution in [0.25, 0.3) is 22.7 Å². The van der Waals surface area contributed by atoms with Gasteiger partial charge in [-0.25, -0.2) is 9.97 Å². The van der Waals surface area contributed by atoms with Crippen LogP contribution in [0.5, 0.6) is 0 Å². The van der Waals surface area contributed by atoms with Crippen molar-refractivity contribution in [2.24, 2.45) is 0 Å². The molecule has 18 heavy (non-hydrogen) atoms. The maximum Gasteiger partial charge on any atom is 0.180 e. The number of hydrogen-bond donors (Lipinski definition) is 2. The van der Waals surface area contributed by atoms with E-state index in [2.05, 4.69) is 25.3 Å². The van der Waals surface area contributed by atoms with E-state index in [1.807, 2.05) is 38.2 Å². The molecule has 3 rings (SSSR count). The molecule has 3 heterocycles. The van der Waals surface area contributed by atoms with Gasteiger partial charge in [0.15, 0.2) is 11.5 Å². The van der Waals surface area contributed by atoms with Gasteiger partial charge in [-0.15, -0.1) is 0 Å². The first-order valence-corrected chi connectivity index (χ1v) is 5.74. The fourth-order valence-corrected chi connectivity index (χ4v) is 1.88. The van der Waals surface area contributed by atoms with Crippen LogP contribution in [0.3, 0.4) is 0 Å². The summed E-state index contributed by atoms with van der Waals surface area (Å²) in [5.74, 6) is 1.56. The molecule has 5 heteroatoms. The summed E-state index contributed by atoms with van der Waals surface area (Å²) in [6.45, 7) is 2.02. The molecule has 5 nitrogen and oxygen atoms in total. The molecule has 0 atom stereocenters. The largest absolute Gasteiger partial charge is 0.373 e. The van der Waals surface area contributed by atoms with Crippen molar-refractivity contribution in [1.82, 2.24) is 19.9 Å². The second-order valence-corrected chi connectivity index (χ2v) is 4.07. The van der Waals surface area contributed by atoms with Crippen LogP contribution in [0.1, 0.15) is 5.56 Å². The minimum atomic E-state index is 0.696. The van der Waals surface area contributed by atoms with Gasteiger partial charge in [0.2, 0.25) is 0 Å². The molecule has 0 radical (unpaired) electrons. The van der Waals surface area contributed by atoms with E-state index < -0.39 is 0 Å². The second kappa shape index (κ2) is 4.10. The summed E-state index contributed by atoms with van der Waals surface area (Å²) in [5.41, 5.74) is 3.56. The van der Waals surface area contributed by atoms with E-state index in [0.29, 0.717) is 5.65 Å². The van der Waals surface area contributed by atoms with Crippen LogP contribution < -0.4 is 5.32 Å². The van der Waals surface area contributed by atoms with Crippen LogP contribution >= 0.6 is 0 Å². The Labute approximate surface area is 104 Å². The third-order valence-electron chi connectivity index (χ3n) is 2.84. The lowest BCUT2D eigenvalue weighted by molar-refractivity contribution is 1.20. The topological polar surface area (TPSA) is 66.5 Å². The normalized spacial score (nSPS) is 10.8. The minimum Gasteiger partial charge on any atom is -0.373 e. The Bertz CT molecular complexity index is 701. The molecule has 90 valence electrons. The number of aromatic amines is 1. The summed E-state index contributed by atoms with van der Waals surface area (Å²) < 4.78 is 0. The lowest BCUT2D eigenvalue weighted by Gasteiger charge is -1.98. The van der Waals surface area contributed by atoms with E-state index in [-0.39, 0.29) is 0 Å². The Morgan fingerprint density at radius 3 is 2.83 bits per heavy atom. The maximum absolute atomic E-state index is 4.48. The van der Waals surface area contributed by atoms with E-state index in [1.54, 1.807) is 6.20 Å². The fourth-order valence-electron chi connectivity index (χ4n) is 1.88. The lowest BCUT2D eigenvalue weighted by Crippen LogP contribution is -1.91. The number of aryl methyl sites for hydroxylation is 1. The zero-order chi connectivity index (χ0) is 12.5. The number of nitrogens with zero attached hydrogens (tertiary/aromatic N) is 3. The summed E-state index contributed by atoms with van der Waals surface area (Å²) in [6, 6.07) is 7.80. The number of imidazole rings is 1. The Balaban J connectivity index is 2.17. The number of hydrogen-bond acceptors (Lipinski definition) is 4. The van der Waals surface area contributed by atoms with Crippen molar-refractivity contribution in [2.75, 3.05) is 12.4 Å². The van der Waals surface area contributed by atoms with Crippen molar-refractivity contribution < 1.29 is 0 Å². The van der Waals surface area contributed by atoms with Crippen molar-refractivity contribution in [1.29, 1.82) is 0 Å². The van der Waals surface area contributed by atoms with E-state index in [1.165, 1.54) is 0 Å². The van der Waals surface area contributed by atoms with Crippen LogP contribution in [-0.4, -0.2) is 27.0 Å². The van der Waals surface area contributed by atoms with Gasteiger partial charge in [-0.3, -0.25) is 4.98 Å². The molecule has 0 saturated carbocycles. The minimum absolute atomic E-state index is 0.696. The highest BCUT2D eigenvalue weighted by atomic mass is 15.0. The number of nitrogens with one attached hydrogen (secondary N) is 2. The fraction of sp³-hybridized carbons (Fsp3) is 0.154. The predicted molar refractivity (Wildman–Crippen MR) is 71.4 cm³/mol. The predicted octanol–water partition coefficient (Wildman–Crippen LogP) is 2.37. The van der Waals surface area contributed by atoms with Gasteiger partial charge in [0.05, 0.1) is 5.52 Å². The first-order valence-electron chi connectivity index (χ1n) is 5.74. The van der Waals surface area contributed by atoms with Gasteiger partial charge in [-0.2, -0.15) is 0 Å². The molecule has 3 aromatic heterocycles. The zero-order valence-electron chi connectivity index (χ0n) is 10.2. The molecule has 2 N–H and O–H groups in total. The van der Waals surface area contributed by atoms with Crippen molar-refractivity contribution >= 4 is 17.0 Å². The highest BCUT2D eigenvalue weighted by Crippen LogP contribution is 2.21. The van der Waals surface area contributed by atoms with E-state index in [9.17, 15) is 0 Å². The van der Waals surface area contributed by atoms with Crippen molar-refractivity contribution in [3.63, 3.8) is 0 Å². The van der Waals surface area contributed by atoms with Crippen LogP contribution in [0.2, 0.25) is 0 Å². The van der Waals surface area contributed by atoms with Crippen LogP contribution in [0.15, 0.2) is 30.5 Å². The van der Waals surface area contributed by atoms with Gasteiger partial charge in [-0.05, 0) is 30.7 Å². The molecule has 0 aliphatic heterocycles. The third kappa shape index (κ3) is 1.69. The third-order valence-corrected chi connectivity index (χ3v) is 2.84. The van der Waals surface area contributed by atoms with E-state index >= 15 is 0 Å². The Morgan fingerprint density at radius 2 is 2.06 bits per heavy atom. The summed E-state index contributed by atoms with van der Waals surface area (Å²) >= 11 is 0. The molecule has 0 fully saturated rings. The molecular weight excluding hydrogens is 226 g/mol. The van der Waals surface area contributed by atoms with Gasteiger partial charge < -0.3 is 10.3 Å². The number of aromatic nitrogens is 4. The van der Waals surface area contributed by atoms with Gasteiger partial charge in [0.1, 0.15) is 11.5 Å². The van der Waals surface area contributed by atoms with Gasteiger partial charge in [0.25, 0.3) is 0 Å². The van der Waals surface area contributed by atoms with Crippen LogP contribution in [0, 0.1) is 6.92 Å². The Morgan fingerprint density at radius 1 is 1.17 bits per heavy atom. The van der Waals surface area contributed by atoms with E-state index in [4.69, 9.17) is 0 Å².